The number of benzene rings is 2. The van der Waals surface area contributed by atoms with E-state index in [9.17, 15) is 0 Å². The molecule has 0 saturated carbocycles. The van der Waals surface area contributed by atoms with E-state index < -0.39 is 8.80 Å². The van der Waals surface area contributed by atoms with Crippen LogP contribution in [0.4, 0.5) is 0 Å². The molecule has 0 amide bonds. The minimum atomic E-state index is -0.394. The molecule has 0 aliphatic heterocycles. The van der Waals surface area contributed by atoms with E-state index in [4.69, 9.17) is 0 Å². The van der Waals surface area contributed by atoms with Crippen molar-refractivity contribution in [2.45, 2.75) is 45.2 Å². The van der Waals surface area contributed by atoms with Gasteiger partial charge in [-0.3, -0.25) is 0 Å². The van der Waals surface area contributed by atoms with Crippen molar-refractivity contribution in [3.05, 3.63) is 82.1 Å². The smallest absolute Gasteiger partial charge is 0.0791 e. The van der Waals surface area contributed by atoms with Gasteiger partial charge >= 0.3 is 0 Å². The molecule has 4 rings (SSSR count). The van der Waals surface area contributed by atoms with Crippen molar-refractivity contribution < 1.29 is 0 Å². The molecule has 0 aromatic heterocycles. The van der Waals surface area contributed by atoms with Gasteiger partial charge in [-0.05, 0) is 40.7 Å². The van der Waals surface area contributed by atoms with Crippen LogP contribution in [0.1, 0.15) is 43.2 Å². The molecule has 0 heterocycles. The summed E-state index contributed by atoms with van der Waals surface area (Å²) in [6.07, 6.45) is 6.16. The third kappa shape index (κ3) is 2.34. The van der Waals surface area contributed by atoms with E-state index in [2.05, 4.69) is 74.6 Å². The molecule has 2 aliphatic rings. The predicted molar refractivity (Wildman–Crippen MR) is 106 cm³/mol. The lowest BCUT2D eigenvalue weighted by Gasteiger charge is -2.20. The van der Waals surface area contributed by atoms with Crippen molar-refractivity contribution >= 4 is 8.80 Å². The zero-order chi connectivity index (χ0) is 16.7. The molecular weight excluding hydrogens is 304 g/mol. The standard InChI is InChI=1S/C23H25Si/c1-4-9-18-21(14-15-22(18)24(2)3)23-19-12-7-5-10-16(19)17-11-6-8-13-20(17)23/h5-8,10-13,15,23H,4,9,14H2,1-3H3. The maximum atomic E-state index is 2.54. The molecule has 24 heavy (non-hydrogen) atoms. The number of rotatable bonds is 4. The summed E-state index contributed by atoms with van der Waals surface area (Å²) >= 11 is 0. The molecule has 2 aliphatic carbocycles. The van der Waals surface area contributed by atoms with Crippen molar-refractivity contribution in [2.24, 2.45) is 0 Å². The van der Waals surface area contributed by atoms with Crippen LogP contribution in [0, 0.1) is 0 Å². The average Bonchev–Trinajstić information content (AvgIpc) is 3.14. The van der Waals surface area contributed by atoms with Gasteiger partial charge < -0.3 is 0 Å². The zero-order valence-corrected chi connectivity index (χ0v) is 15.9. The summed E-state index contributed by atoms with van der Waals surface area (Å²) in [5.41, 5.74) is 9.26. The molecular formula is C23H25Si. The van der Waals surface area contributed by atoms with Crippen LogP contribution in [0.3, 0.4) is 0 Å². The summed E-state index contributed by atoms with van der Waals surface area (Å²) < 4.78 is 0. The van der Waals surface area contributed by atoms with Crippen LogP contribution < -0.4 is 0 Å². The van der Waals surface area contributed by atoms with Crippen molar-refractivity contribution in [1.82, 2.24) is 0 Å². The first-order valence-corrected chi connectivity index (χ1v) is 11.6. The average molecular weight is 330 g/mol. The molecule has 0 atom stereocenters. The maximum Gasteiger partial charge on any atom is 0.0791 e. The monoisotopic (exact) mass is 329 g/mol. The molecule has 0 nitrogen and oxygen atoms in total. The van der Waals surface area contributed by atoms with Crippen LogP contribution in [-0.4, -0.2) is 8.80 Å². The summed E-state index contributed by atoms with van der Waals surface area (Å²) in [6, 6.07) is 18.1. The SMILES string of the molecule is CCCC1=C(C2c3ccccc3-c3ccccc32)CC=C1[Si](C)C. The van der Waals surface area contributed by atoms with E-state index in [1.807, 2.05) is 0 Å². The molecule has 0 fully saturated rings. The first-order chi connectivity index (χ1) is 11.7. The molecule has 2 aromatic carbocycles. The topological polar surface area (TPSA) is 0 Å². The third-order valence-corrected chi connectivity index (χ3v) is 7.04. The first kappa shape index (κ1) is 15.7. The van der Waals surface area contributed by atoms with E-state index in [0.29, 0.717) is 5.92 Å². The fourth-order valence-electron chi connectivity index (χ4n) is 4.51. The Morgan fingerprint density at radius 3 is 2.04 bits per heavy atom. The van der Waals surface area contributed by atoms with Crippen molar-refractivity contribution in [2.75, 3.05) is 0 Å². The summed E-state index contributed by atoms with van der Waals surface area (Å²) in [4.78, 5) is 0. The Kier molecular flexibility index (Phi) is 4.05. The van der Waals surface area contributed by atoms with Gasteiger partial charge in [-0.2, -0.15) is 0 Å². The molecule has 0 spiro atoms. The van der Waals surface area contributed by atoms with Crippen LogP contribution in [0.25, 0.3) is 11.1 Å². The lowest BCUT2D eigenvalue weighted by molar-refractivity contribution is 0.868. The Balaban J connectivity index is 1.90. The minimum absolute atomic E-state index is 0.394. The fraction of sp³-hybridized carbons (Fsp3) is 0.304. The molecule has 1 heteroatoms. The number of hydrogen-bond acceptors (Lipinski definition) is 0. The first-order valence-electron chi connectivity index (χ1n) is 9.13. The van der Waals surface area contributed by atoms with E-state index >= 15 is 0 Å². The highest BCUT2D eigenvalue weighted by atomic mass is 28.3. The second-order valence-corrected chi connectivity index (χ2v) is 9.72. The highest BCUT2D eigenvalue weighted by Crippen LogP contribution is 2.51. The van der Waals surface area contributed by atoms with Crippen LogP contribution in [-0.2, 0) is 0 Å². The summed E-state index contributed by atoms with van der Waals surface area (Å²) in [6.45, 7) is 7.19. The largest absolute Gasteiger partial charge is 0.0811 e. The highest BCUT2D eigenvalue weighted by Gasteiger charge is 2.34. The number of fused-ring (bicyclic) bond motifs is 3. The highest BCUT2D eigenvalue weighted by molar-refractivity contribution is 6.65. The van der Waals surface area contributed by atoms with Gasteiger partial charge in [-0.1, -0.05) is 91.8 Å². The van der Waals surface area contributed by atoms with Gasteiger partial charge in [-0.25, -0.2) is 0 Å². The van der Waals surface area contributed by atoms with Crippen LogP contribution >= 0.6 is 0 Å². The lowest BCUT2D eigenvalue weighted by atomic mass is 9.85. The van der Waals surface area contributed by atoms with Gasteiger partial charge in [0.05, 0.1) is 8.80 Å². The molecule has 0 unspecified atom stereocenters. The van der Waals surface area contributed by atoms with Gasteiger partial charge in [0.2, 0.25) is 0 Å². The fourth-order valence-corrected chi connectivity index (χ4v) is 5.91. The van der Waals surface area contributed by atoms with E-state index in [1.54, 1.807) is 16.3 Å². The van der Waals surface area contributed by atoms with E-state index in [1.165, 1.54) is 35.1 Å². The second kappa shape index (κ2) is 6.21. The summed E-state index contributed by atoms with van der Waals surface area (Å²) in [7, 11) is -0.394. The van der Waals surface area contributed by atoms with Gasteiger partial charge in [-0.15, -0.1) is 0 Å². The third-order valence-electron chi connectivity index (χ3n) is 5.46. The normalized spacial score (nSPS) is 16.6. The van der Waals surface area contributed by atoms with Gasteiger partial charge in [0.15, 0.2) is 0 Å². The van der Waals surface area contributed by atoms with Gasteiger partial charge in [0, 0.05) is 5.92 Å². The molecule has 121 valence electrons. The molecule has 1 radical (unpaired) electrons. The van der Waals surface area contributed by atoms with Gasteiger partial charge in [0.25, 0.3) is 0 Å². The van der Waals surface area contributed by atoms with Crippen molar-refractivity contribution in [3.8, 4) is 11.1 Å². The summed E-state index contributed by atoms with van der Waals surface area (Å²) in [5, 5.41) is 1.69. The molecule has 2 aromatic rings. The molecule has 0 bridgehead atoms. The van der Waals surface area contributed by atoms with Crippen molar-refractivity contribution in [3.63, 3.8) is 0 Å². The lowest BCUT2D eigenvalue weighted by Crippen LogP contribution is -2.09. The number of allylic oxidation sites excluding steroid dienone is 4. The zero-order valence-electron chi connectivity index (χ0n) is 14.9. The van der Waals surface area contributed by atoms with Gasteiger partial charge in [0.1, 0.15) is 0 Å². The van der Waals surface area contributed by atoms with Crippen LogP contribution in [0.5, 0.6) is 0 Å². The second-order valence-electron chi connectivity index (χ2n) is 7.18. The minimum Gasteiger partial charge on any atom is -0.0811 e. The Bertz CT molecular complexity index is 793. The molecule has 0 N–H and O–H groups in total. The molecule has 0 saturated heterocycles. The van der Waals surface area contributed by atoms with Crippen molar-refractivity contribution in [1.29, 1.82) is 0 Å². The Morgan fingerprint density at radius 2 is 1.50 bits per heavy atom. The maximum absolute atomic E-state index is 2.54. The Labute approximate surface area is 147 Å². The Morgan fingerprint density at radius 1 is 0.917 bits per heavy atom. The number of hydrogen-bond donors (Lipinski definition) is 0. The van der Waals surface area contributed by atoms with E-state index in [-0.39, 0.29) is 0 Å². The summed E-state index contributed by atoms with van der Waals surface area (Å²) in [5.74, 6) is 0.467. The quantitative estimate of drug-likeness (QED) is 0.560. The van der Waals surface area contributed by atoms with E-state index in [0.717, 1.165) is 6.42 Å². The predicted octanol–water partition coefficient (Wildman–Crippen LogP) is 6.52. The Hall–Kier alpha value is -1.86. The van der Waals surface area contributed by atoms with Crippen LogP contribution in [0.2, 0.25) is 13.1 Å². The van der Waals surface area contributed by atoms with Crippen LogP contribution in [0.15, 0.2) is 70.9 Å².